The van der Waals surface area contributed by atoms with Crippen LogP contribution in [0.4, 0.5) is 11.4 Å². The number of carbonyl (C=O) groups is 2. The summed E-state index contributed by atoms with van der Waals surface area (Å²) in [4.78, 5) is 24.9. The molecule has 0 atom stereocenters. The number of hydrogen-bond acceptors (Lipinski definition) is 6. The Labute approximate surface area is 214 Å². The largest absolute Gasteiger partial charge is 0.497 e. The molecule has 0 saturated carbocycles. The molecule has 0 aromatic heterocycles. The van der Waals surface area contributed by atoms with E-state index in [1.807, 2.05) is 25.1 Å². The summed E-state index contributed by atoms with van der Waals surface area (Å²) in [5.74, 6) is 0.0794. The monoisotopic (exact) mass is 505 g/mol. The minimum absolute atomic E-state index is 0.143. The highest BCUT2D eigenvalue weighted by molar-refractivity contribution is 6.32. The first kappa shape index (κ1) is 26.1. The highest BCUT2D eigenvalue weighted by atomic mass is 35.5. The van der Waals surface area contributed by atoms with E-state index in [-0.39, 0.29) is 34.6 Å². The standard InChI is InChI=1S/C27H24ClN3O5/c1-17-4-6-20(7-5-17)30-25(32)16-36-26-23(28)13-18(14-24(26)35-3)12-19(15-29)27(33)31-21-8-10-22(34-2)11-9-21/h4-14H,16H2,1-3H3,(H,30,32)(H,31,33)/b19-12+. The Hall–Kier alpha value is -4.48. The lowest BCUT2D eigenvalue weighted by molar-refractivity contribution is -0.118. The van der Waals surface area contributed by atoms with Gasteiger partial charge in [-0.25, -0.2) is 0 Å². The summed E-state index contributed by atoms with van der Waals surface area (Å²) in [7, 11) is 2.96. The van der Waals surface area contributed by atoms with Crippen molar-refractivity contribution in [1.82, 2.24) is 0 Å². The van der Waals surface area contributed by atoms with Gasteiger partial charge in [0.2, 0.25) is 0 Å². The van der Waals surface area contributed by atoms with Gasteiger partial charge in [-0.2, -0.15) is 5.26 Å². The van der Waals surface area contributed by atoms with Gasteiger partial charge in [0.25, 0.3) is 11.8 Å². The highest BCUT2D eigenvalue weighted by Crippen LogP contribution is 2.37. The number of hydrogen-bond donors (Lipinski definition) is 2. The second kappa shape index (κ2) is 12.3. The predicted molar refractivity (Wildman–Crippen MR) is 139 cm³/mol. The molecule has 9 heteroatoms. The zero-order chi connectivity index (χ0) is 26.1. The fourth-order valence-corrected chi connectivity index (χ4v) is 3.40. The number of nitrogens with one attached hydrogen (secondary N) is 2. The van der Waals surface area contributed by atoms with Crippen LogP contribution in [0.5, 0.6) is 17.2 Å². The first-order valence-electron chi connectivity index (χ1n) is 10.8. The molecule has 2 amide bonds. The van der Waals surface area contributed by atoms with Gasteiger partial charge in [0, 0.05) is 11.4 Å². The number of nitriles is 1. The smallest absolute Gasteiger partial charge is 0.266 e. The molecule has 0 fully saturated rings. The minimum Gasteiger partial charge on any atom is -0.497 e. The van der Waals surface area contributed by atoms with Crippen LogP contribution < -0.4 is 24.8 Å². The van der Waals surface area contributed by atoms with E-state index in [0.717, 1.165) is 5.56 Å². The topological polar surface area (TPSA) is 110 Å². The van der Waals surface area contributed by atoms with Crippen molar-refractivity contribution >= 4 is 40.9 Å². The van der Waals surface area contributed by atoms with Crippen molar-refractivity contribution < 1.29 is 23.8 Å². The van der Waals surface area contributed by atoms with E-state index in [2.05, 4.69) is 10.6 Å². The molecule has 0 aliphatic rings. The SMILES string of the molecule is COc1ccc(NC(=O)/C(C#N)=C/c2cc(Cl)c(OCC(=O)Nc3ccc(C)cc3)c(OC)c2)cc1. The van der Waals surface area contributed by atoms with Gasteiger partial charge in [-0.05, 0) is 67.1 Å². The van der Waals surface area contributed by atoms with Gasteiger partial charge in [-0.15, -0.1) is 0 Å². The number of ether oxygens (including phenoxy) is 3. The molecule has 0 aliphatic heterocycles. The molecule has 0 unspecified atom stereocenters. The predicted octanol–water partition coefficient (Wildman–Crippen LogP) is 5.23. The number of aryl methyl sites for hydroxylation is 1. The van der Waals surface area contributed by atoms with Crippen LogP contribution in [0.3, 0.4) is 0 Å². The van der Waals surface area contributed by atoms with Crippen LogP contribution in [-0.2, 0) is 9.59 Å². The van der Waals surface area contributed by atoms with Crippen molar-refractivity contribution in [1.29, 1.82) is 5.26 Å². The van der Waals surface area contributed by atoms with Crippen LogP contribution in [0.25, 0.3) is 6.08 Å². The molecule has 36 heavy (non-hydrogen) atoms. The molecular formula is C27H24ClN3O5. The van der Waals surface area contributed by atoms with Crippen LogP contribution in [0.15, 0.2) is 66.2 Å². The number of methoxy groups -OCH3 is 2. The summed E-state index contributed by atoms with van der Waals surface area (Å²) in [5, 5.41) is 15.1. The fourth-order valence-electron chi connectivity index (χ4n) is 3.12. The van der Waals surface area contributed by atoms with Gasteiger partial charge >= 0.3 is 0 Å². The van der Waals surface area contributed by atoms with Crippen molar-refractivity contribution in [3.63, 3.8) is 0 Å². The molecule has 8 nitrogen and oxygen atoms in total. The molecule has 3 aromatic carbocycles. The van der Waals surface area contributed by atoms with Crippen molar-refractivity contribution in [3.8, 4) is 23.3 Å². The third kappa shape index (κ3) is 7.01. The second-order valence-corrected chi connectivity index (χ2v) is 8.00. The molecule has 0 bridgehead atoms. The average molecular weight is 506 g/mol. The van der Waals surface area contributed by atoms with Crippen molar-refractivity contribution in [2.75, 3.05) is 31.5 Å². The lowest BCUT2D eigenvalue weighted by atomic mass is 10.1. The maximum Gasteiger partial charge on any atom is 0.266 e. The normalized spacial score (nSPS) is 10.7. The van der Waals surface area contributed by atoms with Crippen LogP contribution in [0, 0.1) is 18.3 Å². The fraction of sp³-hybridized carbons (Fsp3) is 0.148. The van der Waals surface area contributed by atoms with Gasteiger partial charge in [-0.3, -0.25) is 9.59 Å². The van der Waals surface area contributed by atoms with Crippen LogP contribution in [0.1, 0.15) is 11.1 Å². The van der Waals surface area contributed by atoms with Crippen LogP contribution in [-0.4, -0.2) is 32.6 Å². The zero-order valence-corrected chi connectivity index (χ0v) is 20.7. The number of halogens is 1. The Balaban J connectivity index is 1.72. The summed E-state index contributed by atoms with van der Waals surface area (Å²) in [5.41, 5.74) is 2.52. The number of benzene rings is 3. The minimum atomic E-state index is -0.592. The summed E-state index contributed by atoms with van der Waals surface area (Å²) >= 11 is 6.38. The molecular weight excluding hydrogens is 482 g/mol. The molecule has 0 saturated heterocycles. The van der Waals surface area contributed by atoms with E-state index in [1.54, 1.807) is 49.6 Å². The van der Waals surface area contributed by atoms with Gasteiger partial charge in [0.05, 0.1) is 19.2 Å². The Kier molecular flexibility index (Phi) is 8.92. The van der Waals surface area contributed by atoms with E-state index in [4.69, 9.17) is 25.8 Å². The van der Waals surface area contributed by atoms with E-state index in [0.29, 0.717) is 22.7 Å². The van der Waals surface area contributed by atoms with Crippen molar-refractivity contribution in [2.24, 2.45) is 0 Å². The first-order chi connectivity index (χ1) is 17.3. The van der Waals surface area contributed by atoms with Gasteiger partial charge in [-0.1, -0.05) is 29.3 Å². The maximum atomic E-state index is 12.6. The Morgan fingerprint density at radius 2 is 1.61 bits per heavy atom. The van der Waals surface area contributed by atoms with Crippen molar-refractivity contribution in [3.05, 3.63) is 82.4 Å². The van der Waals surface area contributed by atoms with Gasteiger partial charge < -0.3 is 24.8 Å². The second-order valence-electron chi connectivity index (χ2n) is 7.59. The molecule has 3 aromatic rings. The molecule has 0 heterocycles. The van der Waals surface area contributed by atoms with E-state index in [9.17, 15) is 14.9 Å². The van der Waals surface area contributed by atoms with Gasteiger partial charge in [0.15, 0.2) is 18.1 Å². The number of carbonyl (C=O) groups excluding carboxylic acids is 2. The number of amides is 2. The van der Waals surface area contributed by atoms with Crippen molar-refractivity contribution in [2.45, 2.75) is 6.92 Å². The summed E-state index contributed by atoms with van der Waals surface area (Å²) in [6.07, 6.45) is 1.38. The van der Waals surface area contributed by atoms with E-state index in [1.165, 1.54) is 19.3 Å². The number of rotatable bonds is 9. The van der Waals surface area contributed by atoms with Gasteiger partial charge in [0.1, 0.15) is 17.4 Å². The lowest BCUT2D eigenvalue weighted by Crippen LogP contribution is -2.20. The summed E-state index contributed by atoms with van der Waals surface area (Å²) in [6.45, 7) is 1.65. The maximum absolute atomic E-state index is 12.6. The Morgan fingerprint density at radius 3 is 2.22 bits per heavy atom. The van der Waals surface area contributed by atoms with E-state index >= 15 is 0 Å². The first-order valence-corrected chi connectivity index (χ1v) is 11.1. The molecule has 184 valence electrons. The summed E-state index contributed by atoms with van der Waals surface area (Å²) < 4.78 is 16.1. The molecule has 0 aliphatic carbocycles. The number of nitrogens with zero attached hydrogens (tertiary/aromatic N) is 1. The van der Waals surface area contributed by atoms with E-state index < -0.39 is 5.91 Å². The average Bonchev–Trinajstić information content (AvgIpc) is 2.88. The molecule has 0 radical (unpaired) electrons. The summed E-state index contributed by atoms with van der Waals surface area (Å²) in [6, 6.07) is 19.0. The van der Waals surface area contributed by atoms with Crippen LogP contribution >= 0.6 is 11.6 Å². The quantitative estimate of drug-likeness (QED) is 0.304. The zero-order valence-electron chi connectivity index (χ0n) is 19.9. The molecule has 3 rings (SSSR count). The third-order valence-corrected chi connectivity index (χ3v) is 5.24. The molecule has 0 spiro atoms. The Bertz CT molecular complexity index is 1310. The Morgan fingerprint density at radius 1 is 0.972 bits per heavy atom. The number of anilines is 2. The van der Waals surface area contributed by atoms with Crippen LogP contribution in [0.2, 0.25) is 5.02 Å². The molecule has 2 N–H and O–H groups in total. The highest BCUT2D eigenvalue weighted by Gasteiger charge is 2.16. The third-order valence-electron chi connectivity index (χ3n) is 4.96. The lowest BCUT2D eigenvalue weighted by Gasteiger charge is -2.13.